The average Bonchev–Trinajstić information content (AvgIpc) is 2.36. The number of methoxy groups -OCH3 is 1. The van der Waals surface area contributed by atoms with Gasteiger partial charge in [-0.2, -0.15) is 0 Å². The van der Waals surface area contributed by atoms with Gasteiger partial charge in [0.1, 0.15) is 0 Å². The van der Waals surface area contributed by atoms with Gasteiger partial charge in [0.25, 0.3) is 5.91 Å². The minimum Gasteiger partial charge on any atom is -0.380 e. The number of carbonyl (C=O) groups excluding carboxylic acids is 1. The molecule has 0 unspecified atom stereocenters. The molecule has 21 heavy (non-hydrogen) atoms. The Hall–Kier alpha value is -1.44. The monoisotopic (exact) mass is 312 g/mol. The highest BCUT2D eigenvalue weighted by Gasteiger charge is 2.33. The van der Waals surface area contributed by atoms with Crippen molar-refractivity contribution in [2.45, 2.75) is 43.2 Å². The minimum atomic E-state index is -3.91. The number of amides is 1. The van der Waals surface area contributed by atoms with Crippen molar-refractivity contribution in [2.75, 3.05) is 7.11 Å². The number of nitrogens with one attached hydrogen (secondary N) is 1. The number of hydrogen-bond donors (Lipinski definition) is 2. The van der Waals surface area contributed by atoms with Gasteiger partial charge in [0, 0.05) is 18.2 Å². The van der Waals surface area contributed by atoms with Crippen LogP contribution in [0.3, 0.4) is 0 Å². The molecule has 1 aliphatic carbocycles. The fraction of sp³-hybridized carbons (Fsp3) is 0.500. The maximum atomic E-state index is 12.2. The molecular formula is C14H20N2O4S. The molecule has 0 saturated heterocycles. The van der Waals surface area contributed by atoms with Crippen LogP contribution in [0.4, 0.5) is 0 Å². The summed E-state index contributed by atoms with van der Waals surface area (Å²) < 4.78 is 28.2. The van der Waals surface area contributed by atoms with E-state index >= 15 is 0 Å². The summed E-state index contributed by atoms with van der Waals surface area (Å²) in [6.45, 7) is 2.10. The second kappa shape index (κ2) is 5.75. The van der Waals surface area contributed by atoms with Crippen LogP contribution in [0, 0.1) is 0 Å². The van der Waals surface area contributed by atoms with Crippen LogP contribution in [0.5, 0.6) is 0 Å². The van der Waals surface area contributed by atoms with Gasteiger partial charge >= 0.3 is 0 Å². The van der Waals surface area contributed by atoms with Crippen LogP contribution in [0.2, 0.25) is 0 Å². The first-order valence-electron chi connectivity index (χ1n) is 6.72. The lowest BCUT2D eigenvalue weighted by Gasteiger charge is -2.39. The SMILES string of the molecule is COCc1ccc(C(=O)NC2(C)CCC2)cc1S(N)(=O)=O. The Balaban J connectivity index is 2.31. The van der Waals surface area contributed by atoms with Crippen LogP contribution in [0.1, 0.15) is 42.1 Å². The fourth-order valence-corrected chi connectivity index (χ4v) is 3.20. The maximum Gasteiger partial charge on any atom is 0.251 e. The van der Waals surface area contributed by atoms with Gasteiger partial charge in [0.2, 0.25) is 10.0 Å². The summed E-state index contributed by atoms with van der Waals surface area (Å²) in [6.07, 6.45) is 2.96. The summed E-state index contributed by atoms with van der Waals surface area (Å²) >= 11 is 0. The van der Waals surface area contributed by atoms with Gasteiger partial charge in [0.05, 0.1) is 11.5 Å². The molecule has 0 bridgehead atoms. The Morgan fingerprint density at radius 3 is 2.57 bits per heavy atom. The average molecular weight is 312 g/mol. The van der Waals surface area contributed by atoms with Gasteiger partial charge in [-0.15, -0.1) is 0 Å². The third kappa shape index (κ3) is 3.61. The smallest absolute Gasteiger partial charge is 0.251 e. The van der Waals surface area contributed by atoms with Crippen molar-refractivity contribution in [2.24, 2.45) is 5.14 Å². The molecule has 1 aromatic rings. The molecule has 1 aliphatic rings. The van der Waals surface area contributed by atoms with E-state index in [0.29, 0.717) is 5.56 Å². The second-order valence-corrected chi connectivity index (χ2v) is 7.20. The third-order valence-corrected chi connectivity index (χ3v) is 4.80. The summed E-state index contributed by atoms with van der Waals surface area (Å²) in [6, 6.07) is 4.45. The highest BCUT2D eigenvalue weighted by atomic mass is 32.2. The predicted molar refractivity (Wildman–Crippen MR) is 78.3 cm³/mol. The van der Waals surface area contributed by atoms with Crippen molar-refractivity contribution >= 4 is 15.9 Å². The molecule has 1 aromatic carbocycles. The fourth-order valence-electron chi connectivity index (χ4n) is 2.41. The van der Waals surface area contributed by atoms with E-state index in [1.807, 2.05) is 6.92 Å². The number of carbonyl (C=O) groups is 1. The lowest BCUT2D eigenvalue weighted by Crippen LogP contribution is -2.50. The lowest BCUT2D eigenvalue weighted by atomic mass is 9.78. The third-order valence-electron chi connectivity index (χ3n) is 3.81. The van der Waals surface area contributed by atoms with E-state index in [2.05, 4.69) is 5.32 Å². The quantitative estimate of drug-likeness (QED) is 0.852. The molecule has 7 heteroatoms. The second-order valence-electron chi connectivity index (χ2n) is 5.67. The Labute approximate surface area is 124 Å². The van der Waals surface area contributed by atoms with Crippen LogP contribution < -0.4 is 10.5 Å². The molecule has 0 atom stereocenters. The van der Waals surface area contributed by atoms with Crippen LogP contribution in [0.15, 0.2) is 23.1 Å². The number of benzene rings is 1. The predicted octanol–water partition coefficient (Wildman–Crippen LogP) is 1.15. The van der Waals surface area contributed by atoms with E-state index in [1.54, 1.807) is 12.1 Å². The van der Waals surface area contributed by atoms with E-state index in [1.165, 1.54) is 13.2 Å². The molecule has 1 saturated carbocycles. The topological polar surface area (TPSA) is 98.5 Å². The van der Waals surface area contributed by atoms with Gasteiger partial charge in [-0.1, -0.05) is 6.07 Å². The van der Waals surface area contributed by atoms with Crippen molar-refractivity contribution in [3.8, 4) is 0 Å². The van der Waals surface area contributed by atoms with Gasteiger partial charge in [-0.25, -0.2) is 13.6 Å². The normalized spacial score (nSPS) is 17.1. The molecule has 1 amide bonds. The molecule has 0 aromatic heterocycles. The molecule has 0 aliphatic heterocycles. The Bertz CT molecular complexity index is 651. The number of primary sulfonamides is 1. The van der Waals surface area contributed by atoms with Gasteiger partial charge in [-0.05, 0) is 43.9 Å². The number of rotatable bonds is 5. The largest absolute Gasteiger partial charge is 0.380 e. The first kappa shape index (κ1) is 15.9. The highest BCUT2D eigenvalue weighted by molar-refractivity contribution is 7.89. The van der Waals surface area contributed by atoms with E-state index in [9.17, 15) is 13.2 Å². The molecular weight excluding hydrogens is 292 g/mol. The van der Waals surface area contributed by atoms with Crippen molar-refractivity contribution in [3.05, 3.63) is 29.3 Å². The summed E-state index contributed by atoms with van der Waals surface area (Å²) in [7, 11) is -2.44. The van der Waals surface area contributed by atoms with Crippen LogP contribution in [-0.4, -0.2) is 27.0 Å². The van der Waals surface area contributed by atoms with Gasteiger partial charge in [0.15, 0.2) is 0 Å². The molecule has 0 radical (unpaired) electrons. The first-order valence-corrected chi connectivity index (χ1v) is 8.27. The molecule has 116 valence electrons. The number of ether oxygens (including phenoxy) is 1. The van der Waals surface area contributed by atoms with E-state index in [0.717, 1.165) is 19.3 Å². The zero-order valence-electron chi connectivity index (χ0n) is 12.2. The van der Waals surface area contributed by atoms with Gasteiger partial charge in [-0.3, -0.25) is 4.79 Å². The molecule has 3 N–H and O–H groups in total. The minimum absolute atomic E-state index is 0.0734. The van der Waals surface area contributed by atoms with Crippen molar-refractivity contribution in [3.63, 3.8) is 0 Å². The standard InChI is InChI=1S/C14H20N2O4S/c1-14(6-3-7-14)16-13(17)10-4-5-11(9-20-2)12(8-10)21(15,18)19/h4-5,8H,3,6-7,9H2,1-2H3,(H,16,17)(H2,15,18,19). The summed E-state index contributed by atoms with van der Waals surface area (Å²) in [5, 5.41) is 8.14. The summed E-state index contributed by atoms with van der Waals surface area (Å²) in [5.41, 5.74) is 0.530. The zero-order valence-corrected chi connectivity index (χ0v) is 13.0. The van der Waals surface area contributed by atoms with Crippen molar-refractivity contribution in [1.29, 1.82) is 0 Å². The first-order chi connectivity index (χ1) is 9.75. The Morgan fingerprint density at radius 2 is 2.10 bits per heavy atom. The summed E-state index contributed by atoms with van der Waals surface area (Å²) in [4.78, 5) is 12.2. The van der Waals surface area contributed by atoms with Crippen LogP contribution in [-0.2, 0) is 21.4 Å². The summed E-state index contributed by atoms with van der Waals surface area (Å²) in [5.74, 6) is -0.286. The highest BCUT2D eigenvalue weighted by Crippen LogP contribution is 2.31. The van der Waals surface area contributed by atoms with E-state index < -0.39 is 10.0 Å². The maximum absolute atomic E-state index is 12.2. The van der Waals surface area contributed by atoms with Crippen molar-refractivity contribution in [1.82, 2.24) is 5.32 Å². The van der Waals surface area contributed by atoms with Gasteiger partial charge < -0.3 is 10.1 Å². The lowest BCUT2D eigenvalue weighted by molar-refractivity contribution is 0.0850. The number of sulfonamides is 1. The van der Waals surface area contributed by atoms with Crippen LogP contribution >= 0.6 is 0 Å². The molecule has 1 fully saturated rings. The molecule has 2 rings (SSSR count). The van der Waals surface area contributed by atoms with E-state index in [-0.39, 0.29) is 28.5 Å². The molecule has 0 spiro atoms. The van der Waals surface area contributed by atoms with E-state index in [4.69, 9.17) is 9.88 Å². The Kier molecular flexibility index (Phi) is 4.36. The zero-order chi connectivity index (χ0) is 15.7. The Morgan fingerprint density at radius 1 is 1.43 bits per heavy atom. The number of nitrogens with two attached hydrogens (primary N) is 1. The van der Waals surface area contributed by atoms with Crippen LogP contribution in [0.25, 0.3) is 0 Å². The molecule has 6 nitrogen and oxygen atoms in total. The number of hydrogen-bond acceptors (Lipinski definition) is 4. The van der Waals surface area contributed by atoms with Crippen molar-refractivity contribution < 1.29 is 17.9 Å². The molecule has 0 heterocycles.